The van der Waals surface area contributed by atoms with E-state index in [1.54, 1.807) is 0 Å². The summed E-state index contributed by atoms with van der Waals surface area (Å²) < 4.78 is 96.1. The number of sulfonamides is 1. The van der Waals surface area contributed by atoms with E-state index >= 15 is 0 Å². The third-order valence-corrected chi connectivity index (χ3v) is 5.45. The van der Waals surface area contributed by atoms with Crippen molar-refractivity contribution in [3.63, 3.8) is 0 Å². The molecule has 0 fully saturated rings. The minimum Gasteiger partial charge on any atom is -0.481 e. The first-order valence-electron chi connectivity index (χ1n) is 8.93. The van der Waals surface area contributed by atoms with Crippen molar-refractivity contribution < 1.29 is 45.0 Å². The molecule has 0 aliphatic rings. The van der Waals surface area contributed by atoms with Crippen molar-refractivity contribution >= 4 is 16.0 Å². The third kappa shape index (κ3) is 6.76. The predicted octanol–water partition coefficient (Wildman–Crippen LogP) is 4.33. The molecular weight excluding hydrogens is 461 g/mol. The summed E-state index contributed by atoms with van der Waals surface area (Å²) in [5.41, 5.74) is -0.213. The molecule has 2 rings (SSSR count). The lowest BCUT2D eigenvalue weighted by molar-refractivity contribution is -0.139. The van der Waals surface area contributed by atoms with E-state index in [9.17, 15) is 35.2 Å². The largest absolute Gasteiger partial charge is 0.481 e. The van der Waals surface area contributed by atoms with Crippen LogP contribution in [-0.2, 0) is 20.7 Å². The summed E-state index contributed by atoms with van der Waals surface area (Å²) >= 11 is 0. The summed E-state index contributed by atoms with van der Waals surface area (Å²) in [5.74, 6) is -4.71. The number of alkyl halides is 5. The highest BCUT2D eigenvalue weighted by molar-refractivity contribution is 7.89. The molecule has 0 heterocycles. The summed E-state index contributed by atoms with van der Waals surface area (Å²) in [6.07, 6.45) is -2.93. The maximum atomic E-state index is 14.3. The number of aliphatic carboxylic acids is 1. The van der Waals surface area contributed by atoms with Crippen LogP contribution in [0.2, 0.25) is 0 Å². The van der Waals surface area contributed by atoms with Gasteiger partial charge < -0.3 is 9.84 Å². The van der Waals surface area contributed by atoms with Crippen molar-refractivity contribution in [3.8, 4) is 16.9 Å². The Labute approximate surface area is 180 Å². The van der Waals surface area contributed by atoms with Crippen LogP contribution in [0.5, 0.6) is 5.75 Å². The van der Waals surface area contributed by atoms with E-state index < -0.39 is 51.7 Å². The van der Waals surface area contributed by atoms with E-state index in [0.29, 0.717) is 6.08 Å². The second kappa shape index (κ2) is 9.65. The molecule has 6 nitrogen and oxygen atoms in total. The van der Waals surface area contributed by atoms with Crippen LogP contribution in [0.4, 0.5) is 22.0 Å². The molecule has 0 amide bonds. The number of carboxylic acid groups (broad SMARTS) is 1. The van der Waals surface area contributed by atoms with Gasteiger partial charge in [0, 0.05) is 11.1 Å². The quantitative estimate of drug-likeness (QED) is 0.413. The normalized spacial score (nSPS) is 12.8. The zero-order valence-corrected chi connectivity index (χ0v) is 17.3. The summed E-state index contributed by atoms with van der Waals surface area (Å²) in [7, 11) is -4.47. The first-order chi connectivity index (χ1) is 14.7. The minimum absolute atomic E-state index is 0.0418. The Hall–Kier alpha value is -2.99. The van der Waals surface area contributed by atoms with Crippen molar-refractivity contribution in [1.82, 2.24) is 4.72 Å². The Morgan fingerprint density at radius 3 is 2.25 bits per heavy atom. The number of benzene rings is 2. The highest BCUT2D eigenvalue weighted by atomic mass is 32.2. The van der Waals surface area contributed by atoms with Gasteiger partial charge in [-0.1, -0.05) is 18.2 Å². The van der Waals surface area contributed by atoms with Gasteiger partial charge in [-0.25, -0.2) is 17.9 Å². The molecule has 0 saturated carbocycles. The first-order valence-corrected chi connectivity index (χ1v) is 10.4. The van der Waals surface area contributed by atoms with Gasteiger partial charge in [0.25, 0.3) is 5.92 Å². The van der Waals surface area contributed by atoms with Gasteiger partial charge in [-0.2, -0.15) is 22.0 Å². The summed E-state index contributed by atoms with van der Waals surface area (Å²) in [6.45, 7) is -1.11. The predicted molar refractivity (Wildman–Crippen MR) is 105 cm³/mol. The lowest BCUT2D eigenvalue weighted by atomic mass is 9.99. The van der Waals surface area contributed by atoms with Gasteiger partial charge in [0.15, 0.2) is 6.61 Å². The van der Waals surface area contributed by atoms with Gasteiger partial charge in [0.2, 0.25) is 10.0 Å². The Bertz CT molecular complexity index is 1100. The molecule has 0 spiro atoms. The summed E-state index contributed by atoms with van der Waals surface area (Å²) in [6, 6.07) is 7.62. The molecule has 0 atom stereocenters. The number of ether oxygens (including phenoxy) is 1. The molecule has 0 aromatic heterocycles. The molecule has 32 heavy (non-hydrogen) atoms. The van der Waals surface area contributed by atoms with E-state index in [-0.39, 0.29) is 16.9 Å². The monoisotopic (exact) mass is 479 g/mol. The molecule has 0 bridgehead atoms. The maximum absolute atomic E-state index is 14.3. The van der Waals surface area contributed by atoms with Crippen LogP contribution in [0.1, 0.15) is 12.5 Å². The van der Waals surface area contributed by atoms with E-state index in [1.807, 2.05) is 0 Å². The summed E-state index contributed by atoms with van der Waals surface area (Å²) in [5, 5.41) is 8.82. The van der Waals surface area contributed by atoms with Crippen LogP contribution < -0.4 is 9.46 Å². The number of carbonyl (C=O) groups is 1. The van der Waals surface area contributed by atoms with Gasteiger partial charge in [-0.05, 0) is 48.9 Å². The molecule has 2 aromatic carbocycles. The van der Waals surface area contributed by atoms with E-state index in [1.165, 1.54) is 23.8 Å². The SMILES string of the molecule is C/C=C/C(F)(F)c1ccc(OCC(=O)O)c(-c2ccc(S(=O)(=O)NCC(F)(F)F)cc2)c1. The van der Waals surface area contributed by atoms with Crippen molar-refractivity contribution in [2.75, 3.05) is 13.2 Å². The van der Waals surface area contributed by atoms with E-state index in [0.717, 1.165) is 36.4 Å². The molecule has 174 valence electrons. The Morgan fingerprint density at radius 2 is 1.72 bits per heavy atom. The molecular formula is C20H18F5NO5S. The lowest BCUT2D eigenvalue weighted by Gasteiger charge is -2.17. The van der Waals surface area contributed by atoms with Gasteiger partial charge in [-0.3, -0.25) is 0 Å². The molecule has 0 unspecified atom stereocenters. The highest BCUT2D eigenvalue weighted by Crippen LogP contribution is 2.37. The maximum Gasteiger partial charge on any atom is 0.402 e. The van der Waals surface area contributed by atoms with Crippen LogP contribution in [0, 0.1) is 0 Å². The molecule has 0 saturated heterocycles. The standard InChI is InChI=1S/C20H18F5NO5S/c1-2-9-19(21,22)14-5-8-17(31-11-18(27)28)16(10-14)13-3-6-15(7-4-13)32(29,30)26-12-20(23,24)25/h2-10,26H,11-12H2,1H3,(H,27,28)/b9-2+. The Kier molecular flexibility index (Phi) is 7.62. The fourth-order valence-electron chi connectivity index (χ4n) is 2.61. The molecule has 12 heteroatoms. The zero-order chi connectivity index (χ0) is 24.2. The smallest absolute Gasteiger partial charge is 0.402 e. The van der Waals surface area contributed by atoms with Crippen LogP contribution in [-0.4, -0.2) is 38.8 Å². The molecule has 2 N–H and O–H groups in total. The van der Waals surface area contributed by atoms with Crippen LogP contribution in [0.3, 0.4) is 0 Å². The number of halogens is 5. The van der Waals surface area contributed by atoms with Gasteiger partial charge in [-0.15, -0.1) is 0 Å². The van der Waals surface area contributed by atoms with Crippen LogP contribution >= 0.6 is 0 Å². The van der Waals surface area contributed by atoms with Crippen molar-refractivity contribution in [2.45, 2.75) is 23.9 Å². The van der Waals surface area contributed by atoms with Crippen molar-refractivity contribution in [1.29, 1.82) is 0 Å². The molecule has 0 aliphatic heterocycles. The Morgan fingerprint density at radius 1 is 1.09 bits per heavy atom. The number of rotatable bonds is 9. The number of hydrogen-bond acceptors (Lipinski definition) is 4. The second-order valence-corrected chi connectivity index (χ2v) is 8.25. The van der Waals surface area contributed by atoms with Gasteiger partial charge >= 0.3 is 12.1 Å². The minimum atomic E-state index is -4.75. The average Bonchev–Trinajstić information content (AvgIpc) is 2.70. The van der Waals surface area contributed by atoms with Crippen molar-refractivity contribution in [2.24, 2.45) is 0 Å². The molecule has 2 aromatic rings. The first kappa shape index (κ1) is 25.3. The number of hydrogen-bond donors (Lipinski definition) is 2. The van der Waals surface area contributed by atoms with Crippen LogP contribution in [0.15, 0.2) is 59.5 Å². The van der Waals surface area contributed by atoms with Gasteiger partial charge in [0.1, 0.15) is 12.3 Å². The molecule has 0 aliphatic carbocycles. The lowest BCUT2D eigenvalue weighted by Crippen LogP contribution is -2.33. The number of carboxylic acids is 1. The van der Waals surface area contributed by atoms with E-state index in [2.05, 4.69) is 0 Å². The zero-order valence-electron chi connectivity index (χ0n) is 16.5. The second-order valence-electron chi connectivity index (χ2n) is 6.48. The van der Waals surface area contributed by atoms with E-state index in [4.69, 9.17) is 9.84 Å². The third-order valence-electron chi connectivity index (χ3n) is 4.03. The van der Waals surface area contributed by atoms with Crippen molar-refractivity contribution in [3.05, 3.63) is 60.2 Å². The van der Waals surface area contributed by atoms with Crippen LogP contribution in [0.25, 0.3) is 11.1 Å². The molecule has 0 radical (unpaired) electrons. The summed E-state index contributed by atoms with van der Waals surface area (Å²) in [4.78, 5) is 10.3. The number of allylic oxidation sites excluding steroid dienone is 2. The highest BCUT2D eigenvalue weighted by Gasteiger charge is 2.31. The fraction of sp³-hybridized carbons (Fsp3) is 0.250. The fourth-order valence-corrected chi connectivity index (χ4v) is 3.62. The number of nitrogens with one attached hydrogen (secondary N) is 1. The topological polar surface area (TPSA) is 92.7 Å². The Balaban J connectivity index is 2.46. The average molecular weight is 479 g/mol. The van der Waals surface area contributed by atoms with Gasteiger partial charge in [0.05, 0.1) is 4.90 Å².